The Morgan fingerprint density at radius 3 is 2.69 bits per heavy atom. The van der Waals surface area contributed by atoms with E-state index in [-0.39, 0.29) is 16.9 Å². The Hall–Kier alpha value is -2.89. The molecule has 0 fully saturated rings. The van der Waals surface area contributed by atoms with E-state index in [9.17, 15) is 9.59 Å². The normalized spacial score (nSPS) is 12.9. The fourth-order valence-electron chi connectivity index (χ4n) is 2.80. The van der Waals surface area contributed by atoms with Gasteiger partial charge in [0.05, 0.1) is 18.4 Å². The summed E-state index contributed by atoms with van der Waals surface area (Å²) in [5, 5.41) is 4.35. The van der Waals surface area contributed by atoms with Crippen LogP contribution in [0.5, 0.6) is 0 Å². The molecule has 3 rings (SSSR count). The topological polar surface area (TPSA) is 79.8 Å². The van der Waals surface area contributed by atoms with Gasteiger partial charge in [0, 0.05) is 17.0 Å². The van der Waals surface area contributed by atoms with Crippen LogP contribution in [-0.4, -0.2) is 20.4 Å². The third-order valence-corrected chi connectivity index (χ3v) is 4.43. The van der Waals surface area contributed by atoms with Gasteiger partial charge < -0.3 is 14.9 Å². The highest BCUT2D eigenvalue weighted by Gasteiger charge is 2.19. The molecule has 136 valence electrons. The number of aromatic amines is 1. The Balaban J connectivity index is 1.73. The number of rotatable bonds is 4. The van der Waals surface area contributed by atoms with E-state index >= 15 is 0 Å². The molecule has 3 aromatic rings. The molecule has 0 spiro atoms. The zero-order valence-corrected chi connectivity index (χ0v) is 15.5. The summed E-state index contributed by atoms with van der Waals surface area (Å²) in [6, 6.07) is 8.62. The maximum absolute atomic E-state index is 12.6. The van der Waals surface area contributed by atoms with Gasteiger partial charge in [0.25, 0.3) is 5.56 Å². The summed E-state index contributed by atoms with van der Waals surface area (Å²) < 4.78 is 1.46. The molecule has 6 nitrogen and oxygen atoms in total. The average Bonchev–Trinajstić information content (AvgIpc) is 3.09. The molecular formula is C20H24N4O2. The monoisotopic (exact) mass is 352 g/mol. The van der Waals surface area contributed by atoms with Crippen molar-refractivity contribution in [3.05, 3.63) is 64.6 Å². The van der Waals surface area contributed by atoms with Crippen molar-refractivity contribution in [2.24, 2.45) is 0 Å². The second-order valence-corrected chi connectivity index (χ2v) is 7.52. The van der Waals surface area contributed by atoms with Gasteiger partial charge in [-0.1, -0.05) is 39.0 Å². The van der Waals surface area contributed by atoms with Crippen molar-refractivity contribution in [3.63, 3.8) is 0 Å². The van der Waals surface area contributed by atoms with Crippen molar-refractivity contribution < 1.29 is 4.79 Å². The van der Waals surface area contributed by atoms with E-state index < -0.39 is 6.04 Å². The number of nitrogens with one attached hydrogen (secondary N) is 2. The lowest BCUT2D eigenvalue weighted by Crippen LogP contribution is -2.35. The lowest BCUT2D eigenvalue weighted by Gasteiger charge is -2.16. The molecule has 2 N–H and O–H groups in total. The molecule has 0 aliphatic heterocycles. The molecule has 1 aromatic carbocycles. The minimum Gasteiger partial charge on any atom is -0.349 e. The Morgan fingerprint density at radius 2 is 2.00 bits per heavy atom. The first-order valence-electron chi connectivity index (χ1n) is 8.69. The molecule has 6 heteroatoms. The first kappa shape index (κ1) is 17.9. The number of pyridine rings is 1. The van der Waals surface area contributed by atoms with Crippen LogP contribution in [0.2, 0.25) is 0 Å². The Morgan fingerprint density at radius 1 is 1.27 bits per heavy atom. The largest absolute Gasteiger partial charge is 0.349 e. The lowest BCUT2D eigenvalue weighted by molar-refractivity contribution is -0.124. The highest BCUT2D eigenvalue weighted by atomic mass is 16.2. The number of fused-ring (bicyclic) bond motifs is 1. The van der Waals surface area contributed by atoms with Gasteiger partial charge in [-0.25, -0.2) is 4.98 Å². The molecule has 0 bridgehead atoms. The Labute approximate surface area is 152 Å². The molecule has 1 amide bonds. The Bertz CT molecular complexity index is 995. The maximum atomic E-state index is 12.6. The number of carbonyl (C=O) groups is 1. The predicted molar refractivity (Wildman–Crippen MR) is 102 cm³/mol. The fraction of sp³-hybridized carbons (Fsp3) is 0.350. The quantitative estimate of drug-likeness (QED) is 0.758. The van der Waals surface area contributed by atoms with Crippen molar-refractivity contribution >= 4 is 16.7 Å². The standard InChI is InChI=1S/C20H24N4O2/c1-13(24-10-9-14-7-5-6-8-16(14)18(24)26)17(25)21-11-15-12-22-19(23-15)20(2,3)4/h5-10,12-13H,11H2,1-4H3,(H,21,25)(H,22,23). The summed E-state index contributed by atoms with van der Waals surface area (Å²) >= 11 is 0. The molecule has 0 saturated heterocycles. The van der Waals surface area contributed by atoms with Crippen LogP contribution in [0.25, 0.3) is 10.8 Å². The number of carbonyl (C=O) groups excluding carboxylic acids is 1. The first-order valence-corrected chi connectivity index (χ1v) is 8.69. The second kappa shape index (κ2) is 6.78. The van der Waals surface area contributed by atoms with Gasteiger partial charge in [-0.3, -0.25) is 9.59 Å². The summed E-state index contributed by atoms with van der Waals surface area (Å²) in [4.78, 5) is 32.7. The molecule has 1 atom stereocenters. The third-order valence-electron chi connectivity index (χ3n) is 4.43. The van der Waals surface area contributed by atoms with Crippen LogP contribution >= 0.6 is 0 Å². The van der Waals surface area contributed by atoms with Crippen molar-refractivity contribution in [1.29, 1.82) is 0 Å². The van der Waals surface area contributed by atoms with Crippen molar-refractivity contribution in [2.75, 3.05) is 0 Å². The first-order chi connectivity index (χ1) is 12.3. The molecule has 0 saturated carbocycles. The molecule has 26 heavy (non-hydrogen) atoms. The Kier molecular flexibility index (Phi) is 4.68. The molecular weight excluding hydrogens is 328 g/mol. The van der Waals surface area contributed by atoms with Crippen LogP contribution in [0, 0.1) is 0 Å². The van der Waals surface area contributed by atoms with Crippen molar-refractivity contribution in [3.8, 4) is 0 Å². The second-order valence-electron chi connectivity index (χ2n) is 7.52. The summed E-state index contributed by atoms with van der Waals surface area (Å²) in [6.45, 7) is 8.28. The van der Waals surface area contributed by atoms with Gasteiger partial charge in [0.15, 0.2) is 0 Å². The number of H-pyrrole nitrogens is 1. The van der Waals surface area contributed by atoms with E-state index in [1.807, 2.05) is 24.3 Å². The predicted octanol–water partition coefficient (Wildman–Crippen LogP) is 2.90. The molecule has 2 heterocycles. The number of nitrogens with zero attached hydrogens (tertiary/aromatic N) is 2. The number of hydrogen-bond donors (Lipinski definition) is 2. The third kappa shape index (κ3) is 3.54. The molecule has 0 radical (unpaired) electrons. The van der Waals surface area contributed by atoms with E-state index in [0.717, 1.165) is 16.9 Å². The van der Waals surface area contributed by atoms with E-state index in [4.69, 9.17) is 0 Å². The van der Waals surface area contributed by atoms with E-state index in [2.05, 4.69) is 36.1 Å². The minimum absolute atomic E-state index is 0.0754. The molecule has 2 aromatic heterocycles. The summed E-state index contributed by atoms with van der Waals surface area (Å²) in [5.74, 6) is 0.662. The fourth-order valence-corrected chi connectivity index (χ4v) is 2.80. The summed E-state index contributed by atoms with van der Waals surface area (Å²) in [7, 11) is 0. The van der Waals surface area contributed by atoms with Crippen LogP contribution in [-0.2, 0) is 16.8 Å². The molecule has 1 unspecified atom stereocenters. The van der Waals surface area contributed by atoms with Crippen LogP contribution in [0.1, 0.15) is 45.3 Å². The number of imidazole rings is 1. The zero-order valence-electron chi connectivity index (χ0n) is 15.5. The van der Waals surface area contributed by atoms with Gasteiger partial charge >= 0.3 is 0 Å². The summed E-state index contributed by atoms with van der Waals surface area (Å²) in [6.07, 6.45) is 3.40. The van der Waals surface area contributed by atoms with Gasteiger partial charge in [-0.15, -0.1) is 0 Å². The van der Waals surface area contributed by atoms with Crippen LogP contribution < -0.4 is 10.9 Å². The number of benzene rings is 1. The van der Waals surface area contributed by atoms with Crippen molar-refractivity contribution in [2.45, 2.75) is 45.7 Å². The highest BCUT2D eigenvalue weighted by molar-refractivity contribution is 5.83. The van der Waals surface area contributed by atoms with Crippen LogP contribution in [0.15, 0.2) is 47.5 Å². The van der Waals surface area contributed by atoms with Crippen LogP contribution in [0.3, 0.4) is 0 Å². The lowest BCUT2D eigenvalue weighted by atomic mass is 9.96. The van der Waals surface area contributed by atoms with Crippen LogP contribution in [0.4, 0.5) is 0 Å². The van der Waals surface area contributed by atoms with Gasteiger partial charge in [0.2, 0.25) is 5.91 Å². The van der Waals surface area contributed by atoms with Gasteiger partial charge in [0.1, 0.15) is 11.9 Å². The zero-order chi connectivity index (χ0) is 18.9. The van der Waals surface area contributed by atoms with E-state index in [1.165, 1.54) is 4.57 Å². The number of amides is 1. The minimum atomic E-state index is -0.600. The molecule has 0 aliphatic rings. The SMILES string of the molecule is CC(C(=O)NCc1cnc(C(C)(C)C)[nH]1)n1ccc2ccccc2c1=O. The smallest absolute Gasteiger partial charge is 0.259 e. The van der Waals surface area contributed by atoms with E-state index in [0.29, 0.717) is 11.9 Å². The highest BCUT2D eigenvalue weighted by Crippen LogP contribution is 2.18. The summed E-state index contributed by atoms with van der Waals surface area (Å²) in [5.41, 5.74) is 0.595. The maximum Gasteiger partial charge on any atom is 0.259 e. The number of hydrogen-bond acceptors (Lipinski definition) is 3. The average molecular weight is 352 g/mol. The van der Waals surface area contributed by atoms with E-state index in [1.54, 1.807) is 25.4 Å². The van der Waals surface area contributed by atoms with Crippen molar-refractivity contribution in [1.82, 2.24) is 19.9 Å². The molecule has 0 aliphatic carbocycles. The van der Waals surface area contributed by atoms with Gasteiger partial charge in [-0.2, -0.15) is 0 Å². The van der Waals surface area contributed by atoms with Gasteiger partial charge in [-0.05, 0) is 24.4 Å². The number of aromatic nitrogens is 3.